The summed E-state index contributed by atoms with van der Waals surface area (Å²) in [6.07, 6.45) is 2.82. The number of amides is 1. The third-order valence-electron chi connectivity index (χ3n) is 4.55. The molecular formula is C19H18N2O4S. The van der Waals surface area contributed by atoms with Gasteiger partial charge in [0.05, 0.1) is 18.1 Å². The summed E-state index contributed by atoms with van der Waals surface area (Å²) in [5.41, 5.74) is 2.84. The minimum atomic E-state index is -1.05. The first-order valence-corrected chi connectivity index (χ1v) is 9.21. The number of H-pyrrole nitrogens is 1. The molecule has 1 atom stereocenters. The van der Waals surface area contributed by atoms with Gasteiger partial charge in [0, 0.05) is 34.8 Å². The van der Waals surface area contributed by atoms with Gasteiger partial charge in [-0.15, -0.1) is 11.3 Å². The molecule has 0 aliphatic carbocycles. The van der Waals surface area contributed by atoms with Crippen molar-refractivity contribution >= 4 is 34.1 Å². The normalized spacial score (nSPS) is 14.8. The van der Waals surface area contributed by atoms with E-state index in [2.05, 4.69) is 10.3 Å². The van der Waals surface area contributed by atoms with Gasteiger partial charge in [0.2, 0.25) is 0 Å². The Morgan fingerprint density at radius 2 is 2.19 bits per heavy atom. The zero-order valence-corrected chi connectivity index (χ0v) is 14.8. The summed E-state index contributed by atoms with van der Waals surface area (Å²) in [7, 11) is 0. The van der Waals surface area contributed by atoms with Gasteiger partial charge in [0.15, 0.2) is 0 Å². The summed E-state index contributed by atoms with van der Waals surface area (Å²) in [6.45, 7) is 1.17. The van der Waals surface area contributed by atoms with E-state index in [0.29, 0.717) is 18.1 Å². The van der Waals surface area contributed by atoms with Crippen molar-refractivity contribution in [1.29, 1.82) is 0 Å². The van der Waals surface area contributed by atoms with Crippen LogP contribution in [0.15, 0.2) is 36.5 Å². The summed E-state index contributed by atoms with van der Waals surface area (Å²) >= 11 is 1.42. The Morgan fingerprint density at radius 1 is 1.35 bits per heavy atom. The van der Waals surface area contributed by atoms with Crippen LogP contribution in [0.5, 0.6) is 0 Å². The largest absolute Gasteiger partial charge is 0.480 e. The number of hydrogen-bond acceptors (Lipinski definition) is 4. The minimum Gasteiger partial charge on any atom is -0.480 e. The fourth-order valence-electron chi connectivity index (χ4n) is 3.21. The Kier molecular flexibility index (Phi) is 4.48. The summed E-state index contributed by atoms with van der Waals surface area (Å²) in [4.78, 5) is 29.0. The molecule has 4 rings (SSSR count). The highest BCUT2D eigenvalue weighted by Crippen LogP contribution is 2.27. The van der Waals surface area contributed by atoms with E-state index in [4.69, 9.17) is 4.74 Å². The number of benzene rings is 1. The first-order chi connectivity index (χ1) is 12.6. The smallest absolute Gasteiger partial charge is 0.326 e. The molecule has 0 saturated heterocycles. The molecule has 1 unspecified atom stereocenters. The van der Waals surface area contributed by atoms with Gasteiger partial charge in [0.1, 0.15) is 6.04 Å². The number of aliphatic carboxylic acids is 1. The van der Waals surface area contributed by atoms with Crippen molar-refractivity contribution < 1.29 is 19.4 Å². The molecule has 7 heteroatoms. The maximum Gasteiger partial charge on any atom is 0.326 e. The number of aromatic amines is 1. The highest BCUT2D eigenvalue weighted by Gasteiger charge is 2.24. The maximum absolute atomic E-state index is 12.6. The van der Waals surface area contributed by atoms with Crippen LogP contribution in [0.3, 0.4) is 0 Å². The summed E-state index contributed by atoms with van der Waals surface area (Å²) in [5.74, 6) is -1.40. The predicted octanol–water partition coefficient (Wildman–Crippen LogP) is 2.73. The number of nitrogens with one attached hydrogen (secondary N) is 2. The zero-order valence-electron chi connectivity index (χ0n) is 14.0. The zero-order chi connectivity index (χ0) is 18.1. The number of para-hydroxylation sites is 1. The SMILES string of the molecule is O=C(NC(Cc1c[nH]c2ccccc12)C(=O)O)c1cc2c(s1)CCOC2. The van der Waals surface area contributed by atoms with Gasteiger partial charge in [-0.1, -0.05) is 18.2 Å². The number of carbonyl (C=O) groups excluding carboxylic acids is 1. The topological polar surface area (TPSA) is 91.4 Å². The van der Waals surface area contributed by atoms with E-state index in [1.54, 1.807) is 12.3 Å². The van der Waals surface area contributed by atoms with Gasteiger partial charge in [-0.3, -0.25) is 4.79 Å². The molecule has 0 spiro atoms. The van der Waals surface area contributed by atoms with E-state index in [1.165, 1.54) is 11.3 Å². The monoisotopic (exact) mass is 370 g/mol. The highest BCUT2D eigenvalue weighted by molar-refractivity contribution is 7.14. The van der Waals surface area contributed by atoms with E-state index >= 15 is 0 Å². The first-order valence-electron chi connectivity index (χ1n) is 8.40. The van der Waals surface area contributed by atoms with E-state index in [-0.39, 0.29) is 12.3 Å². The molecule has 0 fully saturated rings. The van der Waals surface area contributed by atoms with Gasteiger partial charge in [-0.2, -0.15) is 0 Å². The molecule has 2 aromatic heterocycles. The Bertz CT molecular complexity index is 951. The summed E-state index contributed by atoms with van der Waals surface area (Å²) in [5, 5.41) is 13.2. The molecule has 134 valence electrons. The summed E-state index contributed by atoms with van der Waals surface area (Å²) in [6, 6.07) is 8.52. The number of carboxylic acid groups (broad SMARTS) is 1. The molecule has 0 saturated carbocycles. The van der Waals surface area contributed by atoms with Crippen molar-refractivity contribution in [3.05, 3.63) is 57.4 Å². The second kappa shape index (κ2) is 6.93. The van der Waals surface area contributed by atoms with Crippen LogP contribution in [0.2, 0.25) is 0 Å². The lowest BCUT2D eigenvalue weighted by molar-refractivity contribution is -0.139. The maximum atomic E-state index is 12.6. The molecule has 0 bridgehead atoms. The highest BCUT2D eigenvalue weighted by atomic mass is 32.1. The standard InChI is InChI=1S/C19H18N2O4S/c22-18(17-8-12-10-25-6-5-16(12)26-17)21-15(19(23)24)7-11-9-20-14-4-2-1-3-13(11)14/h1-4,8-9,15,20H,5-7,10H2,(H,21,22)(H,23,24). The number of carboxylic acids is 1. The number of rotatable bonds is 5. The predicted molar refractivity (Wildman–Crippen MR) is 98.6 cm³/mol. The van der Waals surface area contributed by atoms with E-state index < -0.39 is 12.0 Å². The molecule has 6 nitrogen and oxygen atoms in total. The van der Waals surface area contributed by atoms with Crippen LogP contribution in [0.25, 0.3) is 10.9 Å². The molecule has 3 aromatic rings. The second-order valence-corrected chi connectivity index (χ2v) is 7.43. The molecule has 1 aliphatic heterocycles. The Morgan fingerprint density at radius 3 is 3.00 bits per heavy atom. The minimum absolute atomic E-state index is 0.222. The van der Waals surface area contributed by atoms with Crippen LogP contribution < -0.4 is 5.32 Å². The third kappa shape index (κ3) is 3.23. The van der Waals surface area contributed by atoms with Crippen LogP contribution >= 0.6 is 11.3 Å². The van der Waals surface area contributed by atoms with Crippen LogP contribution in [-0.4, -0.2) is 34.6 Å². The number of fused-ring (bicyclic) bond motifs is 2. The lowest BCUT2D eigenvalue weighted by Gasteiger charge is -2.13. The molecule has 1 aliphatic rings. The van der Waals surface area contributed by atoms with E-state index in [9.17, 15) is 14.7 Å². The number of aromatic nitrogens is 1. The lowest BCUT2D eigenvalue weighted by atomic mass is 10.0. The van der Waals surface area contributed by atoms with Crippen LogP contribution in [0.4, 0.5) is 0 Å². The number of carbonyl (C=O) groups is 2. The Balaban J connectivity index is 1.52. The van der Waals surface area contributed by atoms with Crippen molar-refractivity contribution in [3.8, 4) is 0 Å². The van der Waals surface area contributed by atoms with Crippen molar-refractivity contribution in [3.63, 3.8) is 0 Å². The van der Waals surface area contributed by atoms with Gasteiger partial charge in [0.25, 0.3) is 5.91 Å². The van der Waals surface area contributed by atoms with Crippen molar-refractivity contribution in [2.45, 2.75) is 25.5 Å². The molecule has 3 heterocycles. The van der Waals surface area contributed by atoms with Gasteiger partial charge < -0.3 is 20.1 Å². The van der Waals surface area contributed by atoms with Crippen molar-refractivity contribution in [1.82, 2.24) is 10.3 Å². The molecule has 1 aromatic carbocycles. The van der Waals surface area contributed by atoms with Crippen molar-refractivity contribution in [2.24, 2.45) is 0 Å². The molecular weight excluding hydrogens is 352 g/mol. The van der Waals surface area contributed by atoms with Crippen LogP contribution in [-0.2, 0) is 29.0 Å². The van der Waals surface area contributed by atoms with E-state index in [0.717, 1.165) is 33.3 Å². The Labute approximate surface area is 153 Å². The van der Waals surface area contributed by atoms with Crippen LogP contribution in [0.1, 0.15) is 25.7 Å². The Hall–Kier alpha value is -2.64. The average molecular weight is 370 g/mol. The van der Waals surface area contributed by atoms with Crippen molar-refractivity contribution in [2.75, 3.05) is 6.61 Å². The molecule has 0 radical (unpaired) electrons. The molecule has 26 heavy (non-hydrogen) atoms. The second-order valence-electron chi connectivity index (χ2n) is 6.29. The molecule has 3 N–H and O–H groups in total. The van der Waals surface area contributed by atoms with Gasteiger partial charge in [-0.05, 0) is 23.3 Å². The molecule has 1 amide bonds. The summed E-state index contributed by atoms with van der Waals surface area (Å²) < 4.78 is 5.40. The average Bonchev–Trinajstić information content (AvgIpc) is 3.25. The third-order valence-corrected chi connectivity index (χ3v) is 5.79. The first kappa shape index (κ1) is 16.8. The fourth-order valence-corrected chi connectivity index (χ4v) is 4.26. The quantitative estimate of drug-likeness (QED) is 0.644. The van der Waals surface area contributed by atoms with Gasteiger partial charge in [-0.25, -0.2) is 4.79 Å². The lowest BCUT2D eigenvalue weighted by Crippen LogP contribution is -2.42. The van der Waals surface area contributed by atoms with Gasteiger partial charge >= 0.3 is 5.97 Å². The van der Waals surface area contributed by atoms with E-state index in [1.807, 2.05) is 24.3 Å². The fraction of sp³-hybridized carbons (Fsp3) is 0.263. The number of ether oxygens (including phenoxy) is 1. The number of thiophene rings is 1. The number of hydrogen-bond donors (Lipinski definition) is 3. The van der Waals surface area contributed by atoms with Crippen LogP contribution in [0, 0.1) is 0 Å².